The number of hydrogen-bond donors (Lipinski definition) is 3. The minimum atomic E-state index is -0.957. The van der Waals surface area contributed by atoms with Gasteiger partial charge in [0.05, 0.1) is 12.6 Å². The Hall–Kier alpha value is -5.01. The molecule has 2 atom stereocenters. The van der Waals surface area contributed by atoms with Crippen LogP contribution in [0.15, 0.2) is 96.4 Å². The summed E-state index contributed by atoms with van der Waals surface area (Å²) in [5.41, 5.74) is 5.15. The molecule has 1 heterocycles. The molecular formula is C44H55N5O6S. The first kappa shape index (κ1) is 42.1. The molecule has 298 valence electrons. The van der Waals surface area contributed by atoms with Crippen LogP contribution in [-0.2, 0) is 38.6 Å². The van der Waals surface area contributed by atoms with Crippen LogP contribution < -0.4 is 20.8 Å². The van der Waals surface area contributed by atoms with Crippen LogP contribution in [0.25, 0.3) is 20.9 Å². The Labute approximate surface area is 334 Å². The first-order valence-electron chi connectivity index (χ1n) is 19.1. The van der Waals surface area contributed by atoms with Gasteiger partial charge in [-0.2, -0.15) is 0 Å². The third kappa shape index (κ3) is 11.8. The van der Waals surface area contributed by atoms with E-state index in [1.807, 2.05) is 120 Å². The van der Waals surface area contributed by atoms with Gasteiger partial charge in [-0.25, -0.2) is 9.80 Å². The minimum absolute atomic E-state index is 0.199. The number of thiophene rings is 1. The fourth-order valence-electron chi connectivity index (χ4n) is 6.58. The number of likely N-dealkylation sites (N-methyl/N-ethyl adjacent to an activating group) is 1. The number of carbonyl (C=O) groups is 3. The van der Waals surface area contributed by atoms with Crippen LogP contribution in [0.5, 0.6) is 5.75 Å². The van der Waals surface area contributed by atoms with Crippen molar-refractivity contribution in [2.24, 2.45) is 0 Å². The molecule has 4 amide bonds. The largest absolute Gasteiger partial charge is 0.488 e. The molecule has 5 rings (SSSR count). The number of hydrogen-bond acceptors (Lipinski definition) is 8. The molecule has 0 saturated carbocycles. The summed E-state index contributed by atoms with van der Waals surface area (Å²) in [6.45, 7) is 12.8. The molecule has 1 aromatic heterocycles. The van der Waals surface area contributed by atoms with Crippen LogP contribution >= 0.6 is 11.3 Å². The number of hydrazine groups is 1. The molecule has 11 nitrogen and oxygen atoms in total. The van der Waals surface area contributed by atoms with E-state index in [9.17, 15) is 14.4 Å². The molecule has 12 heteroatoms. The van der Waals surface area contributed by atoms with E-state index in [1.54, 1.807) is 23.3 Å². The van der Waals surface area contributed by atoms with E-state index in [0.717, 1.165) is 37.5 Å². The summed E-state index contributed by atoms with van der Waals surface area (Å²) in [5.74, 6) is -0.0212. The molecule has 0 aliphatic heterocycles. The Morgan fingerprint density at radius 3 is 2.18 bits per heavy atom. The molecule has 0 aliphatic rings. The van der Waals surface area contributed by atoms with Gasteiger partial charge in [0.25, 0.3) is 0 Å². The monoisotopic (exact) mass is 781 g/mol. The third-order valence-electron chi connectivity index (χ3n) is 9.15. The standard InChI is InChI=1S/C44H55N5O6S/c1-8-53-42(54-9-2)30(3)49(27-34-29-56-39-20-13-12-19-37(34)39)41(51)38(25-31-21-23-35(24-22-31)55-44(4,5)6)46-40(50)28-48(7)47-43(52)45-26-33-17-14-16-32-15-10-11-18-36(32)33/h10-24,29-30,38,42H,8-9,25-28H2,1-7H3,(H,46,50)(H2,45,47,52)/t30-,38-/m0/s1. The first-order chi connectivity index (χ1) is 26.8. The Balaban J connectivity index is 1.35. The lowest BCUT2D eigenvalue weighted by Gasteiger charge is -2.36. The fraction of sp³-hybridized carbons (Fsp3) is 0.386. The Morgan fingerprint density at radius 1 is 0.821 bits per heavy atom. The molecule has 0 fully saturated rings. The predicted octanol–water partition coefficient (Wildman–Crippen LogP) is 7.42. The number of benzene rings is 4. The number of carbonyl (C=O) groups excluding carboxylic acids is 3. The molecule has 0 spiro atoms. The van der Waals surface area contributed by atoms with Gasteiger partial charge in [0.15, 0.2) is 6.29 Å². The molecule has 0 aliphatic carbocycles. The Bertz CT molecular complexity index is 2050. The lowest BCUT2D eigenvalue weighted by Crippen LogP contribution is -2.56. The fourth-order valence-corrected chi connectivity index (χ4v) is 7.53. The van der Waals surface area contributed by atoms with Crippen LogP contribution in [0.1, 0.15) is 58.2 Å². The van der Waals surface area contributed by atoms with Gasteiger partial charge in [-0.3, -0.25) is 15.0 Å². The number of amides is 4. The molecule has 0 radical (unpaired) electrons. The van der Waals surface area contributed by atoms with Gasteiger partial charge in [0.1, 0.15) is 17.4 Å². The predicted molar refractivity (Wildman–Crippen MR) is 223 cm³/mol. The first-order valence-corrected chi connectivity index (χ1v) is 20.0. The smallest absolute Gasteiger partial charge is 0.329 e. The second-order valence-electron chi connectivity index (χ2n) is 14.7. The lowest BCUT2D eigenvalue weighted by atomic mass is 10.0. The Morgan fingerprint density at radius 2 is 1.48 bits per heavy atom. The van der Waals surface area contributed by atoms with Crippen LogP contribution in [0, 0.1) is 0 Å². The topological polar surface area (TPSA) is 121 Å². The number of urea groups is 1. The van der Waals surface area contributed by atoms with Crippen molar-refractivity contribution in [3.05, 3.63) is 113 Å². The molecule has 5 aromatic rings. The third-order valence-corrected chi connectivity index (χ3v) is 10.2. The Kier molecular flexibility index (Phi) is 14.8. The van der Waals surface area contributed by atoms with Gasteiger partial charge >= 0.3 is 6.03 Å². The van der Waals surface area contributed by atoms with E-state index in [1.165, 1.54) is 5.01 Å². The average Bonchev–Trinajstić information content (AvgIpc) is 3.58. The van der Waals surface area contributed by atoms with Gasteiger partial charge in [-0.1, -0.05) is 72.8 Å². The van der Waals surface area contributed by atoms with E-state index in [0.29, 0.717) is 25.5 Å². The van der Waals surface area contributed by atoms with Crippen molar-refractivity contribution in [1.82, 2.24) is 26.0 Å². The zero-order valence-electron chi connectivity index (χ0n) is 33.5. The van der Waals surface area contributed by atoms with Crippen molar-refractivity contribution in [2.75, 3.05) is 26.8 Å². The second kappa shape index (κ2) is 19.7. The van der Waals surface area contributed by atoms with Crippen LogP contribution in [0.4, 0.5) is 4.79 Å². The summed E-state index contributed by atoms with van der Waals surface area (Å²) in [6.07, 6.45) is -0.475. The van der Waals surface area contributed by atoms with Crippen LogP contribution in [-0.4, -0.2) is 78.5 Å². The van der Waals surface area contributed by atoms with Gasteiger partial charge in [-0.15, -0.1) is 11.3 Å². The molecule has 0 bridgehead atoms. The summed E-state index contributed by atoms with van der Waals surface area (Å²) in [5, 5.41) is 12.6. The van der Waals surface area contributed by atoms with Crippen molar-refractivity contribution in [3.63, 3.8) is 0 Å². The van der Waals surface area contributed by atoms with Gasteiger partial charge in [-0.05, 0) is 98.0 Å². The zero-order valence-corrected chi connectivity index (χ0v) is 34.3. The quantitative estimate of drug-likeness (QED) is 0.0625. The number of nitrogens with one attached hydrogen (secondary N) is 3. The highest BCUT2D eigenvalue weighted by Gasteiger charge is 2.34. The highest BCUT2D eigenvalue weighted by molar-refractivity contribution is 7.17. The van der Waals surface area contributed by atoms with E-state index in [4.69, 9.17) is 14.2 Å². The maximum absolute atomic E-state index is 14.9. The lowest BCUT2D eigenvalue weighted by molar-refractivity contribution is -0.179. The SMILES string of the molecule is CCOC(OCC)[C@H](C)N(Cc1csc2ccccc12)C(=O)[C@H](Cc1ccc(OC(C)(C)C)cc1)NC(=O)CN(C)NC(=O)NCc1cccc2ccccc12. The molecule has 0 saturated heterocycles. The maximum atomic E-state index is 14.9. The van der Waals surface area contributed by atoms with Crippen LogP contribution in [0.3, 0.4) is 0 Å². The van der Waals surface area contributed by atoms with Crippen molar-refractivity contribution in [3.8, 4) is 5.75 Å². The summed E-state index contributed by atoms with van der Waals surface area (Å²) in [7, 11) is 1.60. The van der Waals surface area contributed by atoms with E-state index in [-0.39, 0.29) is 31.0 Å². The summed E-state index contributed by atoms with van der Waals surface area (Å²) in [6, 6.07) is 27.7. The van der Waals surface area contributed by atoms with Crippen LogP contribution in [0.2, 0.25) is 0 Å². The van der Waals surface area contributed by atoms with Gasteiger partial charge in [0, 0.05) is 44.5 Å². The van der Waals surface area contributed by atoms with Crippen molar-refractivity contribution >= 4 is 50.0 Å². The molecule has 4 aromatic carbocycles. The molecule has 56 heavy (non-hydrogen) atoms. The number of ether oxygens (including phenoxy) is 3. The van der Waals surface area contributed by atoms with E-state index < -0.39 is 30.3 Å². The molecule has 3 N–H and O–H groups in total. The summed E-state index contributed by atoms with van der Waals surface area (Å²) < 4.78 is 19.2. The molecule has 0 unspecified atom stereocenters. The highest BCUT2D eigenvalue weighted by atomic mass is 32.1. The van der Waals surface area contributed by atoms with Crippen molar-refractivity contribution < 1.29 is 28.6 Å². The number of nitrogens with zero attached hydrogens (tertiary/aromatic N) is 2. The number of rotatable bonds is 18. The summed E-state index contributed by atoms with van der Waals surface area (Å²) in [4.78, 5) is 43.3. The van der Waals surface area contributed by atoms with Gasteiger partial charge < -0.3 is 29.7 Å². The molecular weight excluding hydrogens is 727 g/mol. The second-order valence-corrected chi connectivity index (χ2v) is 15.6. The van der Waals surface area contributed by atoms with Crippen molar-refractivity contribution in [2.45, 2.75) is 85.0 Å². The number of fused-ring (bicyclic) bond motifs is 2. The highest BCUT2D eigenvalue weighted by Crippen LogP contribution is 2.29. The van der Waals surface area contributed by atoms with E-state index >= 15 is 0 Å². The van der Waals surface area contributed by atoms with E-state index in [2.05, 4.69) is 33.6 Å². The van der Waals surface area contributed by atoms with Gasteiger partial charge in [0.2, 0.25) is 11.8 Å². The minimum Gasteiger partial charge on any atom is -0.488 e. The normalized spacial score (nSPS) is 12.8. The maximum Gasteiger partial charge on any atom is 0.329 e. The summed E-state index contributed by atoms with van der Waals surface area (Å²) >= 11 is 1.62. The zero-order chi connectivity index (χ0) is 40.2. The average molecular weight is 782 g/mol. The van der Waals surface area contributed by atoms with Crippen molar-refractivity contribution in [1.29, 1.82) is 0 Å².